The first kappa shape index (κ1) is 18.5. The largest absolute Gasteiger partial charge is 0.496 e. The van der Waals surface area contributed by atoms with Crippen LogP contribution in [-0.2, 0) is 4.79 Å². The normalized spacial score (nSPS) is 12.8. The number of hydrogen-bond acceptors (Lipinski definition) is 3. The van der Waals surface area contributed by atoms with Gasteiger partial charge in [0.2, 0.25) is 0 Å². The topological polar surface area (TPSA) is 84.0 Å². The van der Waals surface area contributed by atoms with Crippen molar-refractivity contribution >= 4 is 11.9 Å². The van der Waals surface area contributed by atoms with E-state index in [4.69, 9.17) is 4.74 Å². The molecule has 2 aromatic rings. The lowest BCUT2D eigenvalue weighted by Gasteiger charge is -2.21. The van der Waals surface area contributed by atoms with Crippen LogP contribution in [0.1, 0.15) is 30.1 Å². The van der Waals surface area contributed by atoms with Crippen LogP contribution in [0.2, 0.25) is 0 Å². The Bertz CT molecular complexity index is 719. The van der Waals surface area contributed by atoms with Crippen LogP contribution in [0, 0.1) is 0 Å². The quantitative estimate of drug-likeness (QED) is 0.744. The number of para-hydroxylation sites is 1. The van der Waals surface area contributed by atoms with Crippen molar-refractivity contribution in [3.8, 4) is 5.75 Å². The molecule has 4 N–H and O–H groups in total. The van der Waals surface area contributed by atoms with Crippen molar-refractivity contribution in [2.45, 2.75) is 19.0 Å². The lowest BCUT2D eigenvalue weighted by molar-refractivity contribution is -0.719. The first-order valence-corrected chi connectivity index (χ1v) is 8.12. The minimum absolute atomic E-state index is 0.0446. The van der Waals surface area contributed by atoms with Gasteiger partial charge in [0.05, 0.1) is 12.7 Å². The van der Waals surface area contributed by atoms with E-state index < -0.39 is 12.1 Å². The Morgan fingerprint density at radius 1 is 1.04 bits per heavy atom. The van der Waals surface area contributed by atoms with Crippen LogP contribution in [0.15, 0.2) is 54.6 Å². The van der Waals surface area contributed by atoms with E-state index in [1.807, 2.05) is 66.8 Å². The van der Waals surface area contributed by atoms with Gasteiger partial charge in [0.15, 0.2) is 6.04 Å². The van der Waals surface area contributed by atoms with Gasteiger partial charge in [0, 0.05) is 12.6 Å². The van der Waals surface area contributed by atoms with E-state index in [9.17, 15) is 9.59 Å². The monoisotopic (exact) mass is 342 g/mol. The second-order valence-electron chi connectivity index (χ2n) is 5.68. The molecule has 2 atom stereocenters. The number of rotatable bonds is 6. The molecule has 0 unspecified atom stereocenters. The van der Waals surface area contributed by atoms with Crippen molar-refractivity contribution < 1.29 is 19.6 Å². The number of benzene rings is 2. The highest BCUT2D eigenvalue weighted by Gasteiger charge is 2.29. The second kappa shape index (κ2) is 8.84. The number of ether oxygens (including phenoxy) is 1. The average molecular weight is 342 g/mol. The molecule has 132 valence electrons. The summed E-state index contributed by atoms with van der Waals surface area (Å²) in [4.78, 5) is 24.1. The van der Waals surface area contributed by atoms with Crippen LogP contribution in [0.3, 0.4) is 0 Å². The highest BCUT2D eigenvalue weighted by atomic mass is 16.5. The van der Waals surface area contributed by atoms with E-state index in [-0.39, 0.29) is 11.9 Å². The molecule has 0 saturated carbocycles. The fraction of sp³-hybridized carbons (Fsp3) is 0.263. The molecule has 2 aromatic carbocycles. The molecule has 0 radical (unpaired) electrons. The highest BCUT2D eigenvalue weighted by molar-refractivity contribution is 5.96. The van der Waals surface area contributed by atoms with Crippen molar-refractivity contribution in [1.82, 2.24) is 10.6 Å². The molecule has 25 heavy (non-hydrogen) atoms. The van der Waals surface area contributed by atoms with Gasteiger partial charge in [-0.2, -0.15) is 0 Å². The summed E-state index contributed by atoms with van der Waals surface area (Å²) in [6.07, 6.45) is 0. The van der Waals surface area contributed by atoms with E-state index in [2.05, 4.69) is 10.6 Å². The third kappa shape index (κ3) is 4.81. The van der Waals surface area contributed by atoms with Gasteiger partial charge in [0.25, 0.3) is 5.91 Å². The summed E-state index contributed by atoms with van der Waals surface area (Å²) in [5.41, 5.74) is 1.81. The number of urea groups is 1. The smallest absolute Gasteiger partial charge is 0.321 e. The zero-order valence-corrected chi connectivity index (χ0v) is 14.7. The predicted octanol–water partition coefficient (Wildman–Crippen LogP) is 1.52. The van der Waals surface area contributed by atoms with E-state index >= 15 is 0 Å². The number of carbonyl (C=O) groups is 2. The minimum Gasteiger partial charge on any atom is -0.496 e. The molecule has 0 aliphatic carbocycles. The Morgan fingerprint density at radius 2 is 1.68 bits per heavy atom. The fourth-order valence-electron chi connectivity index (χ4n) is 2.70. The Kier molecular flexibility index (Phi) is 6.54. The van der Waals surface area contributed by atoms with E-state index in [1.54, 1.807) is 7.11 Å². The van der Waals surface area contributed by atoms with Gasteiger partial charge < -0.3 is 15.4 Å². The third-order valence-corrected chi connectivity index (χ3v) is 4.02. The van der Waals surface area contributed by atoms with Crippen LogP contribution in [0.25, 0.3) is 0 Å². The summed E-state index contributed by atoms with van der Waals surface area (Å²) in [5.74, 6) is 0.400. The molecular formula is C19H24N3O3+. The SMILES string of the molecule is CNC(=O)NC(=O)[C@H]([NH2+][C@H](C)c1ccccc1OC)c1ccccc1. The first-order valence-electron chi connectivity index (χ1n) is 8.12. The van der Waals surface area contributed by atoms with Gasteiger partial charge in [-0.05, 0) is 19.1 Å². The predicted molar refractivity (Wildman–Crippen MR) is 95.1 cm³/mol. The summed E-state index contributed by atoms with van der Waals surface area (Å²) in [7, 11) is 3.10. The molecule has 0 fully saturated rings. The molecule has 6 nitrogen and oxygen atoms in total. The molecule has 2 rings (SSSR count). The van der Waals surface area contributed by atoms with Gasteiger partial charge in [-0.3, -0.25) is 10.1 Å². The molecule has 0 bridgehead atoms. The molecule has 0 saturated heterocycles. The molecular weight excluding hydrogens is 318 g/mol. The van der Waals surface area contributed by atoms with Gasteiger partial charge in [-0.25, -0.2) is 4.79 Å². The number of amides is 3. The van der Waals surface area contributed by atoms with E-state index in [0.717, 1.165) is 16.9 Å². The summed E-state index contributed by atoms with van der Waals surface area (Å²) in [6.45, 7) is 2.00. The van der Waals surface area contributed by atoms with Crippen LogP contribution in [0.4, 0.5) is 4.79 Å². The van der Waals surface area contributed by atoms with E-state index in [0.29, 0.717) is 0 Å². The van der Waals surface area contributed by atoms with Crippen LogP contribution in [-0.4, -0.2) is 26.1 Å². The molecule has 0 aliphatic heterocycles. The second-order valence-corrected chi connectivity index (χ2v) is 5.68. The number of carbonyl (C=O) groups excluding carboxylic acids is 2. The van der Waals surface area contributed by atoms with Crippen molar-refractivity contribution in [2.24, 2.45) is 0 Å². The van der Waals surface area contributed by atoms with Crippen LogP contribution >= 0.6 is 0 Å². The molecule has 0 heterocycles. The molecule has 0 aromatic heterocycles. The Labute approximate surface area is 147 Å². The zero-order valence-electron chi connectivity index (χ0n) is 14.7. The van der Waals surface area contributed by atoms with Crippen LogP contribution < -0.4 is 20.7 Å². The molecule has 3 amide bonds. The Hall–Kier alpha value is -2.86. The third-order valence-electron chi connectivity index (χ3n) is 4.02. The van der Waals surface area contributed by atoms with Crippen molar-refractivity contribution in [3.63, 3.8) is 0 Å². The molecule has 0 spiro atoms. The average Bonchev–Trinajstić information content (AvgIpc) is 2.66. The lowest BCUT2D eigenvalue weighted by Crippen LogP contribution is -2.88. The number of methoxy groups -OCH3 is 1. The van der Waals surface area contributed by atoms with E-state index in [1.165, 1.54) is 7.05 Å². The maximum absolute atomic E-state index is 12.6. The molecule has 0 aliphatic rings. The van der Waals surface area contributed by atoms with Crippen molar-refractivity contribution in [3.05, 3.63) is 65.7 Å². The summed E-state index contributed by atoms with van der Waals surface area (Å²) in [6, 6.07) is 16.0. The van der Waals surface area contributed by atoms with Gasteiger partial charge in [-0.1, -0.05) is 42.5 Å². The standard InChI is InChI=1S/C19H23N3O3/c1-13(15-11-7-8-12-16(15)25-3)21-17(14-9-5-4-6-10-14)18(23)22-19(24)20-2/h4-13,17,21H,1-3H3,(H2,20,22,23,24)/p+1/t13-,17-/m1/s1. The Balaban J connectivity index is 2.26. The first-order chi connectivity index (χ1) is 12.1. The number of hydrogen-bond donors (Lipinski definition) is 3. The number of quaternary nitrogens is 1. The lowest BCUT2D eigenvalue weighted by atomic mass is 10.0. The maximum atomic E-state index is 12.6. The summed E-state index contributed by atoms with van der Waals surface area (Å²) in [5, 5.41) is 6.68. The van der Waals surface area contributed by atoms with Gasteiger partial charge >= 0.3 is 6.03 Å². The minimum atomic E-state index is -0.557. The Morgan fingerprint density at radius 3 is 2.32 bits per heavy atom. The maximum Gasteiger partial charge on any atom is 0.321 e. The fourth-order valence-corrected chi connectivity index (χ4v) is 2.70. The molecule has 6 heteroatoms. The van der Waals surface area contributed by atoms with Crippen molar-refractivity contribution in [2.75, 3.05) is 14.2 Å². The summed E-state index contributed by atoms with van der Waals surface area (Å²) < 4.78 is 5.41. The highest BCUT2D eigenvalue weighted by Crippen LogP contribution is 2.23. The van der Waals surface area contributed by atoms with Gasteiger partial charge in [0.1, 0.15) is 11.8 Å². The zero-order chi connectivity index (χ0) is 18.2. The number of nitrogens with one attached hydrogen (secondary N) is 2. The van der Waals surface area contributed by atoms with Crippen molar-refractivity contribution in [1.29, 1.82) is 0 Å². The number of imide groups is 1. The summed E-state index contributed by atoms with van der Waals surface area (Å²) >= 11 is 0. The van der Waals surface area contributed by atoms with Gasteiger partial charge in [-0.15, -0.1) is 0 Å². The number of nitrogens with two attached hydrogens (primary N) is 1. The van der Waals surface area contributed by atoms with Crippen LogP contribution in [0.5, 0.6) is 5.75 Å².